The minimum absolute atomic E-state index is 0.0899. The average Bonchev–Trinajstić information content (AvgIpc) is 2.42. The van der Waals surface area contributed by atoms with Crippen molar-refractivity contribution >= 4 is 10.0 Å². The lowest BCUT2D eigenvalue weighted by atomic mass is 9.89. The molecule has 0 saturated heterocycles. The van der Waals surface area contributed by atoms with Crippen LogP contribution in [0.3, 0.4) is 0 Å². The Morgan fingerprint density at radius 3 is 2.33 bits per heavy atom. The third kappa shape index (κ3) is 5.62. The summed E-state index contributed by atoms with van der Waals surface area (Å²) < 4.78 is 61.5. The van der Waals surface area contributed by atoms with E-state index in [0.29, 0.717) is 23.1 Å². The maximum absolute atomic E-state index is 12.6. The van der Waals surface area contributed by atoms with E-state index in [9.17, 15) is 21.6 Å². The number of hydrogen-bond donors (Lipinski definition) is 0. The van der Waals surface area contributed by atoms with Crippen molar-refractivity contribution in [2.45, 2.75) is 57.4 Å². The van der Waals surface area contributed by atoms with Crippen molar-refractivity contribution in [3.8, 4) is 0 Å². The molecule has 0 heterocycles. The number of allylic oxidation sites excluding steroid dienone is 1. The van der Waals surface area contributed by atoms with E-state index in [1.54, 1.807) is 6.08 Å². The number of halogens is 3. The maximum atomic E-state index is 12.6. The molecule has 1 fully saturated rings. The molecule has 0 aromatic carbocycles. The summed E-state index contributed by atoms with van der Waals surface area (Å²) in [5.41, 5.74) is -5.22. The van der Waals surface area contributed by atoms with Gasteiger partial charge in [-0.15, -0.1) is 0 Å². The summed E-state index contributed by atoms with van der Waals surface area (Å²) in [5.74, 6) is 0.375. The predicted molar refractivity (Wildman–Crippen MR) is 77.2 cm³/mol. The molecule has 1 saturated carbocycles. The van der Waals surface area contributed by atoms with Crippen LogP contribution in [0.2, 0.25) is 0 Å². The summed E-state index contributed by atoms with van der Waals surface area (Å²) in [5, 5.41) is 0. The second-order valence-corrected chi connectivity index (χ2v) is 7.42. The fourth-order valence-electron chi connectivity index (χ4n) is 2.49. The van der Waals surface area contributed by atoms with Crippen LogP contribution in [0.15, 0.2) is 12.2 Å². The highest BCUT2D eigenvalue weighted by atomic mass is 32.2. The standard InChI is InChI=1S/C14H24F3NO2S/c1-2-3-11-18(21(19,20)14(15,16)17)12-7-10-13-8-5-4-6-9-13/h7,10,13H,2-6,8-9,11-12H2,1H3. The first-order valence-electron chi connectivity index (χ1n) is 7.52. The Kier molecular flexibility index (Phi) is 7.20. The van der Waals surface area contributed by atoms with Gasteiger partial charge in [0.2, 0.25) is 0 Å². The first-order valence-corrected chi connectivity index (χ1v) is 8.96. The summed E-state index contributed by atoms with van der Waals surface area (Å²) in [4.78, 5) is 0. The van der Waals surface area contributed by atoms with Crippen LogP contribution in [0.25, 0.3) is 0 Å². The fourth-order valence-corrected chi connectivity index (χ4v) is 3.43. The Hall–Kier alpha value is -0.560. The Morgan fingerprint density at radius 1 is 1.19 bits per heavy atom. The normalized spacial score (nSPS) is 18.7. The lowest BCUT2D eigenvalue weighted by Crippen LogP contribution is -2.41. The number of sulfonamides is 1. The van der Waals surface area contributed by atoms with Crippen molar-refractivity contribution in [1.29, 1.82) is 0 Å². The van der Waals surface area contributed by atoms with E-state index in [-0.39, 0.29) is 13.1 Å². The van der Waals surface area contributed by atoms with Gasteiger partial charge in [-0.1, -0.05) is 44.8 Å². The smallest absolute Gasteiger partial charge is 0.203 e. The molecule has 0 unspecified atom stereocenters. The Labute approximate surface area is 125 Å². The molecule has 0 aromatic rings. The molecular formula is C14H24F3NO2S. The average molecular weight is 327 g/mol. The molecule has 0 radical (unpaired) electrons. The van der Waals surface area contributed by atoms with Crippen LogP contribution in [0.5, 0.6) is 0 Å². The summed E-state index contributed by atoms with van der Waals surface area (Å²) >= 11 is 0. The molecule has 1 aliphatic rings. The van der Waals surface area contributed by atoms with Gasteiger partial charge in [-0.25, -0.2) is 8.42 Å². The highest BCUT2D eigenvalue weighted by Crippen LogP contribution is 2.28. The zero-order valence-corrected chi connectivity index (χ0v) is 13.2. The Morgan fingerprint density at radius 2 is 1.81 bits per heavy atom. The minimum Gasteiger partial charge on any atom is -0.203 e. The minimum atomic E-state index is -5.23. The SMILES string of the molecule is CCCCN(CC=CC1CCCCC1)S(=O)(=O)C(F)(F)F. The van der Waals surface area contributed by atoms with E-state index >= 15 is 0 Å². The molecule has 0 amide bonds. The number of rotatable bonds is 7. The zero-order valence-electron chi connectivity index (χ0n) is 12.4. The largest absolute Gasteiger partial charge is 0.511 e. The third-order valence-corrected chi connectivity index (χ3v) is 5.36. The predicted octanol–water partition coefficient (Wildman–Crippen LogP) is 4.07. The molecule has 3 nitrogen and oxygen atoms in total. The first-order chi connectivity index (χ1) is 9.79. The molecule has 0 aliphatic heterocycles. The van der Waals surface area contributed by atoms with E-state index < -0.39 is 15.5 Å². The van der Waals surface area contributed by atoms with Gasteiger partial charge in [-0.2, -0.15) is 17.5 Å². The number of alkyl halides is 3. The number of nitrogens with zero attached hydrogens (tertiary/aromatic N) is 1. The quantitative estimate of drug-likeness (QED) is 0.661. The van der Waals surface area contributed by atoms with Crippen LogP contribution in [0.4, 0.5) is 13.2 Å². The Balaban J connectivity index is 2.67. The van der Waals surface area contributed by atoms with Crippen LogP contribution in [-0.4, -0.2) is 31.3 Å². The topological polar surface area (TPSA) is 37.4 Å². The van der Waals surface area contributed by atoms with E-state index in [1.807, 2.05) is 13.0 Å². The zero-order chi connectivity index (χ0) is 15.9. The third-order valence-electron chi connectivity index (χ3n) is 3.76. The molecule has 0 bridgehead atoms. The van der Waals surface area contributed by atoms with Crippen molar-refractivity contribution in [2.75, 3.05) is 13.1 Å². The summed E-state index contributed by atoms with van der Waals surface area (Å²) in [6.45, 7) is 1.53. The lowest BCUT2D eigenvalue weighted by Gasteiger charge is -2.22. The van der Waals surface area contributed by atoms with Gasteiger partial charge in [0.25, 0.3) is 0 Å². The maximum Gasteiger partial charge on any atom is 0.511 e. The second kappa shape index (κ2) is 8.17. The van der Waals surface area contributed by atoms with Crippen molar-refractivity contribution in [1.82, 2.24) is 4.31 Å². The summed E-state index contributed by atoms with van der Waals surface area (Å²) in [6.07, 6.45) is 10.1. The van der Waals surface area contributed by atoms with E-state index in [2.05, 4.69) is 0 Å². The van der Waals surface area contributed by atoms with Gasteiger partial charge in [0.1, 0.15) is 0 Å². The highest BCUT2D eigenvalue weighted by Gasteiger charge is 2.49. The first kappa shape index (κ1) is 18.5. The van der Waals surface area contributed by atoms with Gasteiger partial charge in [0, 0.05) is 13.1 Å². The molecule has 1 aliphatic carbocycles. The van der Waals surface area contributed by atoms with Crippen molar-refractivity contribution in [2.24, 2.45) is 5.92 Å². The van der Waals surface area contributed by atoms with Gasteiger partial charge in [0.15, 0.2) is 0 Å². The summed E-state index contributed by atoms with van der Waals surface area (Å²) in [7, 11) is -5.23. The van der Waals surface area contributed by atoms with Gasteiger partial charge >= 0.3 is 15.5 Å². The highest BCUT2D eigenvalue weighted by molar-refractivity contribution is 7.90. The lowest BCUT2D eigenvalue weighted by molar-refractivity contribution is -0.0486. The van der Waals surface area contributed by atoms with Crippen molar-refractivity contribution in [3.63, 3.8) is 0 Å². The fraction of sp³-hybridized carbons (Fsp3) is 0.857. The van der Waals surface area contributed by atoms with Gasteiger partial charge in [0.05, 0.1) is 0 Å². The van der Waals surface area contributed by atoms with Crippen LogP contribution < -0.4 is 0 Å². The van der Waals surface area contributed by atoms with E-state index in [4.69, 9.17) is 0 Å². The van der Waals surface area contributed by atoms with E-state index in [0.717, 1.165) is 25.7 Å². The molecular weight excluding hydrogens is 303 g/mol. The van der Waals surface area contributed by atoms with Crippen LogP contribution >= 0.6 is 0 Å². The molecule has 0 atom stereocenters. The van der Waals surface area contributed by atoms with Crippen molar-refractivity contribution in [3.05, 3.63) is 12.2 Å². The van der Waals surface area contributed by atoms with Crippen LogP contribution in [0.1, 0.15) is 51.9 Å². The van der Waals surface area contributed by atoms with Gasteiger partial charge in [-0.3, -0.25) is 0 Å². The van der Waals surface area contributed by atoms with Gasteiger partial charge < -0.3 is 0 Å². The van der Waals surface area contributed by atoms with Crippen molar-refractivity contribution < 1.29 is 21.6 Å². The molecule has 1 rings (SSSR count). The molecule has 7 heteroatoms. The molecule has 0 N–H and O–H groups in total. The van der Waals surface area contributed by atoms with Gasteiger partial charge in [-0.05, 0) is 25.2 Å². The second-order valence-electron chi connectivity index (χ2n) is 5.49. The van der Waals surface area contributed by atoms with Crippen LogP contribution in [0, 0.1) is 5.92 Å². The number of unbranched alkanes of at least 4 members (excludes halogenated alkanes) is 1. The van der Waals surface area contributed by atoms with Crippen LogP contribution in [-0.2, 0) is 10.0 Å². The molecule has 0 aromatic heterocycles. The Bertz CT molecular complexity index is 426. The van der Waals surface area contributed by atoms with E-state index in [1.165, 1.54) is 6.42 Å². The number of hydrogen-bond acceptors (Lipinski definition) is 2. The summed E-state index contributed by atoms with van der Waals surface area (Å²) in [6, 6.07) is 0. The molecule has 124 valence electrons. The molecule has 21 heavy (non-hydrogen) atoms. The monoisotopic (exact) mass is 327 g/mol. The molecule has 0 spiro atoms.